The maximum atomic E-state index is 6.11. The first kappa shape index (κ1) is 60.5. The molecule has 2 aliphatic heterocycles. The third-order valence-corrected chi connectivity index (χ3v) is 25.3. The highest BCUT2D eigenvalue weighted by molar-refractivity contribution is 8.05. The summed E-state index contributed by atoms with van der Waals surface area (Å²) in [5, 5.41) is 3.62. The Labute approximate surface area is 588 Å². The van der Waals surface area contributed by atoms with Crippen molar-refractivity contribution in [2.75, 3.05) is 0 Å². The highest BCUT2D eigenvalue weighted by atomic mass is 32.2. The molecule has 2 aliphatic rings. The topological polar surface area (TPSA) is 98.1 Å². The van der Waals surface area contributed by atoms with E-state index in [4.69, 9.17) is 29.9 Å². The quantitative estimate of drug-likeness (QED) is 0.0994. The minimum atomic E-state index is 0.505. The standard InChI is InChI=1S/C80H50N8S8/c1-9-29-50(30-10-1)89-63-49-62-64(68(91-52-33-13-3-14-34-52)67(63)90-51-31-11-2-12-32-51)76-83-75(62)87-80-61-48-28-27-47-60(61)79(88(80)96-57-43-23-8-24-44-57)86-74-59-46-26-25-45-58(59)73(81-74)82-77-65-66(78(84-76)85-77)70(93-54-37-17-5-18-38-54)72(95-56-41-21-7-22-42-56)71(94-55-39-19-6-20-40-55)69(65)92-53-35-15-4-16-36-53/h1-49H,(H,81,82,83,84,85,86,87). The molecule has 15 aromatic rings. The number of benzene rings is 12. The molecular weight excluding hydrogens is 1330 g/mol. The first-order valence-electron chi connectivity index (χ1n) is 30.9. The van der Waals surface area contributed by atoms with Crippen LogP contribution in [-0.4, -0.2) is 38.9 Å². The van der Waals surface area contributed by atoms with E-state index in [1.165, 1.54) is 0 Å². The lowest BCUT2D eigenvalue weighted by atomic mass is 10.1. The van der Waals surface area contributed by atoms with E-state index in [0.29, 0.717) is 45.9 Å². The van der Waals surface area contributed by atoms with Crippen LogP contribution in [-0.2, 0) is 0 Å². The maximum absolute atomic E-state index is 6.11. The monoisotopic (exact) mass is 1380 g/mol. The van der Waals surface area contributed by atoms with Crippen molar-refractivity contribution in [2.24, 2.45) is 0 Å². The van der Waals surface area contributed by atoms with E-state index < -0.39 is 0 Å². The average Bonchev–Trinajstić information content (AvgIpc) is 1.50. The van der Waals surface area contributed by atoms with Gasteiger partial charge in [0.25, 0.3) is 0 Å². The summed E-state index contributed by atoms with van der Waals surface area (Å²) in [6.07, 6.45) is 0. The molecule has 3 aromatic heterocycles. The number of aromatic amines is 1. The van der Waals surface area contributed by atoms with E-state index in [1.54, 1.807) is 94.3 Å². The predicted molar refractivity (Wildman–Crippen MR) is 401 cm³/mol. The predicted octanol–water partition coefficient (Wildman–Crippen LogP) is 24.0. The molecule has 0 amide bonds. The fourth-order valence-corrected chi connectivity index (χ4v) is 20.7. The fourth-order valence-electron chi connectivity index (χ4n) is 11.6. The largest absolute Gasteiger partial charge is 0.324 e. The molecule has 12 aromatic carbocycles. The summed E-state index contributed by atoms with van der Waals surface area (Å²) in [7, 11) is 0. The number of hydrogen-bond acceptors (Lipinski definition) is 14. The van der Waals surface area contributed by atoms with Crippen LogP contribution in [0, 0.1) is 0 Å². The lowest BCUT2D eigenvalue weighted by molar-refractivity contribution is 1.07. The zero-order valence-corrected chi connectivity index (χ0v) is 57.2. The summed E-state index contributed by atoms with van der Waals surface area (Å²) in [5.74, 6) is 2.08. The third kappa shape index (κ3) is 12.2. The number of rotatable bonds is 16. The maximum Gasteiger partial charge on any atom is 0.165 e. The van der Waals surface area contributed by atoms with Crippen molar-refractivity contribution >= 4 is 138 Å². The number of aromatic nitrogens is 8. The van der Waals surface area contributed by atoms with Gasteiger partial charge in [-0.25, -0.2) is 33.9 Å². The van der Waals surface area contributed by atoms with Gasteiger partial charge < -0.3 is 4.98 Å². The molecule has 0 unspecified atom stereocenters. The summed E-state index contributed by atoms with van der Waals surface area (Å²) in [6.45, 7) is 0. The molecule has 458 valence electrons. The molecule has 17 rings (SSSR count). The zero-order chi connectivity index (χ0) is 63.7. The van der Waals surface area contributed by atoms with Gasteiger partial charge >= 0.3 is 0 Å². The van der Waals surface area contributed by atoms with E-state index in [1.807, 2.05) is 6.07 Å². The Hall–Kier alpha value is -9.20. The van der Waals surface area contributed by atoms with Crippen molar-refractivity contribution in [3.8, 4) is 45.6 Å². The Morgan fingerprint density at radius 3 is 0.990 bits per heavy atom. The molecule has 8 nitrogen and oxygen atoms in total. The van der Waals surface area contributed by atoms with E-state index >= 15 is 0 Å². The molecule has 0 atom stereocenters. The number of H-pyrrole nitrogens is 1. The second-order valence-corrected chi connectivity index (χ2v) is 30.8. The molecule has 0 saturated heterocycles. The highest BCUT2D eigenvalue weighted by Gasteiger charge is 2.33. The van der Waals surface area contributed by atoms with Gasteiger partial charge in [0.1, 0.15) is 11.3 Å². The Kier molecular flexibility index (Phi) is 17.1. The van der Waals surface area contributed by atoms with Crippen LogP contribution < -0.4 is 0 Å². The van der Waals surface area contributed by atoms with Crippen LogP contribution >= 0.6 is 94.3 Å². The van der Waals surface area contributed by atoms with Crippen LogP contribution in [0.3, 0.4) is 0 Å². The molecule has 1 N–H and O–H groups in total. The normalized spacial score (nSPS) is 11.7. The molecule has 0 saturated carbocycles. The van der Waals surface area contributed by atoms with Gasteiger partial charge in [-0.3, -0.25) is 0 Å². The third-order valence-electron chi connectivity index (χ3n) is 15.9. The number of hydrogen-bond donors (Lipinski definition) is 1. The molecule has 8 bridgehead atoms. The SMILES string of the molecule is c1ccc(Sc2cc3c(c(Sc4ccccc4)c2Sc2ccccc2)-c2nc-3nc3c4ccccc4c(nc4nc(nc5[nH]c(n2)c2c(Sc6ccccc6)c(Sc6ccccc6)c(Sc6ccccc6)c(Sc6ccccc6)c52)-c2ccccc2-4)n3Sc2ccccc2)cc1. The molecular formula is C80H50N8S8. The van der Waals surface area contributed by atoms with Gasteiger partial charge in [-0.05, 0) is 115 Å². The molecule has 0 fully saturated rings. The first-order valence-corrected chi connectivity index (χ1v) is 37.4. The van der Waals surface area contributed by atoms with Crippen LogP contribution in [0.4, 0.5) is 0 Å². The van der Waals surface area contributed by atoms with E-state index in [0.717, 1.165) is 117 Å². The van der Waals surface area contributed by atoms with Crippen LogP contribution in [0.15, 0.2) is 371 Å². The smallest absolute Gasteiger partial charge is 0.165 e. The van der Waals surface area contributed by atoms with Gasteiger partial charge in [-0.1, -0.05) is 276 Å². The van der Waals surface area contributed by atoms with Crippen molar-refractivity contribution in [3.63, 3.8) is 0 Å². The fraction of sp³-hybridized carbons (Fsp3) is 0. The summed E-state index contributed by atoms with van der Waals surface area (Å²) in [6, 6.07) is 104. The van der Waals surface area contributed by atoms with E-state index in [2.05, 4.69) is 300 Å². The lowest BCUT2D eigenvalue weighted by Crippen LogP contribution is -1.94. The zero-order valence-electron chi connectivity index (χ0n) is 50.7. The number of fused-ring (bicyclic) bond motifs is 20. The van der Waals surface area contributed by atoms with Gasteiger partial charge in [0.2, 0.25) is 0 Å². The van der Waals surface area contributed by atoms with Crippen molar-refractivity contribution in [1.29, 1.82) is 0 Å². The molecule has 96 heavy (non-hydrogen) atoms. The molecule has 5 heterocycles. The van der Waals surface area contributed by atoms with Gasteiger partial charge in [0.15, 0.2) is 34.6 Å². The second-order valence-electron chi connectivity index (χ2n) is 22.2. The minimum absolute atomic E-state index is 0.505. The van der Waals surface area contributed by atoms with Gasteiger partial charge in [-0.2, -0.15) is 0 Å². The minimum Gasteiger partial charge on any atom is -0.324 e. The summed E-state index contributed by atoms with van der Waals surface area (Å²) in [4.78, 5) is 55.0. The average molecular weight is 1380 g/mol. The summed E-state index contributed by atoms with van der Waals surface area (Å²) < 4.78 is 2.16. The van der Waals surface area contributed by atoms with Crippen LogP contribution in [0.5, 0.6) is 0 Å². The van der Waals surface area contributed by atoms with Crippen molar-refractivity contribution in [2.45, 2.75) is 73.4 Å². The summed E-state index contributed by atoms with van der Waals surface area (Å²) >= 11 is 13.8. The van der Waals surface area contributed by atoms with Gasteiger partial charge in [-0.15, -0.1) is 0 Å². The van der Waals surface area contributed by atoms with Gasteiger partial charge in [0, 0.05) is 117 Å². The summed E-state index contributed by atoms with van der Waals surface area (Å²) in [5.41, 5.74) is 6.00. The van der Waals surface area contributed by atoms with Crippen LogP contribution in [0.2, 0.25) is 0 Å². The molecule has 0 aliphatic carbocycles. The lowest BCUT2D eigenvalue weighted by Gasteiger charge is -2.20. The van der Waals surface area contributed by atoms with Crippen molar-refractivity contribution < 1.29 is 0 Å². The van der Waals surface area contributed by atoms with Gasteiger partial charge in [0.05, 0.1) is 0 Å². The Morgan fingerprint density at radius 1 is 0.250 bits per heavy atom. The molecule has 0 radical (unpaired) electrons. The Morgan fingerprint density at radius 2 is 0.562 bits per heavy atom. The van der Waals surface area contributed by atoms with Crippen LogP contribution in [0.1, 0.15) is 0 Å². The van der Waals surface area contributed by atoms with E-state index in [9.17, 15) is 0 Å². The second kappa shape index (κ2) is 27.1. The van der Waals surface area contributed by atoms with E-state index in [-0.39, 0.29) is 0 Å². The first-order chi connectivity index (χ1) is 47.6. The Balaban J connectivity index is 1.09. The molecule has 0 spiro atoms. The van der Waals surface area contributed by atoms with Crippen molar-refractivity contribution in [3.05, 3.63) is 297 Å². The number of nitrogens with one attached hydrogen (secondary N) is 1. The molecule has 16 heteroatoms. The number of nitrogens with zero attached hydrogens (tertiary/aromatic N) is 7. The van der Waals surface area contributed by atoms with Crippen LogP contribution in [0.25, 0.3) is 89.7 Å². The van der Waals surface area contributed by atoms with Crippen molar-refractivity contribution in [1.82, 2.24) is 38.9 Å². The Bertz CT molecular complexity index is 5580. The highest BCUT2D eigenvalue weighted by Crippen LogP contribution is 2.58.